The minimum absolute atomic E-state index is 0.00883. The highest BCUT2D eigenvalue weighted by molar-refractivity contribution is 7.83. The van der Waals surface area contributed by atoms with E-state index in [1.807, 2.05) is 0 Å². The molecule has 2 rings (SSSR count). The number of fused-ring (bicyclic) bond motifs is 1. The van der Waals surface area contributed by atoms with Crippen LogP contribution in [-0.2, 0) is 15.1 Å². The summed E-state index contributed by atoms with van der Waals surface area (Å²) in [5.74, 6) is 6.06. The van der Waals surface area contributed by atoms with E-state index in [9.17, 15) is 22.9 Å². The number of carbonyl (C=O) groups is 1. The molecule has 0 aromatic heterocycles. The molecule has 1 unspecified atom stereocenters. The summed E-state index contributed by atoms with van der Waals surface area (Å²) in [7, 11) is -4.43. The number of carboxylic acid groups (broad SMARTS) is 1. The number of rotatable bonds is 12. The third kappa shape index (κ3) is 8.46. The monoisotopic (exact) mass is 443 g/mol. The average molecular weight is 443 g/mol. The quantitative estimate of drug-likeness (QED) is 0.247. The molecule has 10 nitrogen and oxygen atoms in total. The molecule has 0 aliphatic carbocycles. The number of carboxylic acids is 1. The van der Waals surface area contributed by atoms with Crippen LogP contribution in [0.4, 0.5) is 0 Å². The average Bonchev–Trinajstić information content (AvgIpc) is 3.14. The maximum atomic E-state index is 11.4. The Morgan fingerprint density at radius 2 is 2.00 bits per heavy atom. The summed E-state index contributed by atoms with van der Waals surface area (Å²) in [6, 6.07) is 5.05. The molecule has 0 fully saturated rings. The summed E-state index contributed by atoms with van der Waals surface area (Å²) >= 11 is 0. The van der Waals surface area contributed by atoms with Crippen molar-refractivity contribution in [2.24, 2.45) is 0 Å². The molecule has 0 radical (unpaired) electrons. The van der Waals surface area contributed by atoms with E-state index in [2.05, 4.69) is 11.8 Å². The second kappa shape index (κ2) is 11.6. The number of nitrogens with zero attached hydrogens (tertiary/aromatic N) is 1. The zero-order valence-corrected chi connectivity index (χ0v) is 17.1. The third-order valence-corrected chi connectivity index (χ3v) is 5.09. The molecule has 1 aliphatic heterocycles. The molecule has 1 atom stereocenters. The van der Waals surface area contributed by atoms with E-state index < -0.39 is 22.4 Å². The minimum Gasteiger partial charge on any atom is -0.491 e. The van der Waals surface area contributed by atoms with Gasteiger partial charge in [0.25, 0.3) is 0 Å². The van der Waals surface area contributed by atoms with Gasteiger partial charge in [0.05, 0.1) is 12.6 Å². The van der Waals surface area contributed by atoms with E-state index in [1.54, 1.807) is 18.2 Å². The van der Waals surface area contributed by atoms with Gasteiger partial charge in [-0.25, -0.2) is 0 Å². The van der Waals surface area contributed by atoms with Crippen molar-refractivity contribution in [3.63, 3.8) is 0 Å². The molecular weight excluding hydrogens is 418 g/mol. The Hall–Kier alpha value is -2.52. The summed E-state index contributed by atoms with van der Waals surface area (Å²) in [5, 5.41) is 18.6. The molecule has 0 amide bonds. The van der Waals surface area contributed by atoms with Crippen molar-refractivity contribution in [1.29, 1.82) is 0 Å². The highest BCUT2D eigenvalue weighted by atomic mass is 32.2. The largest absolute Gasteiger partial charge is 0.491 e. The van der Waals surface area contributed by atoms with E-state index in [0.29, 0.717) is 30.1 Å². The number of aliphatic carboxylic acids is 1. The first-order chi connectivity index (χ1) is 14.3. The van der Waals surface area contributed by atoms with Crippen LogP contribution in [0.3, 0.4) is 0 Å². The van der Waals surface area contributed by atoms with Gasteiger partial charge in [-0.1, -0.05) is 5.92 Å². The number of aliphatic hydroxyl groups excluding tert-OH is 1. The lowest BCUT2D eigenvalue weighted by atomic mass is 10.2. The van der Waals surface area contributed by atoms with E-state index in [1.165, 1.54) is 0 Å². The minimum atomic E-state index is -4.43. The number of hydrogen-bond acceptors (Lipinski definition) is 7. The SMILES string of the molecule is O=C(O)CCCC#CCN(CCCC(O)COc1ccc2c(c1)OCO2)S(=O)(=O)O. The van der Waals surface area contributed by atoms with Crippen molar-refractivity contribution in [2.45, 2.75) is 38.2 Å². The van der Waals surface area contributed by atoms with Crippen LogP contribution in [0.1, 0.15) is 32.1 Å². The van der Waals surface area contributed by atoms with Crippen LogP contribution in [0.5, 0.6) is 17.2 Å². The number of unbranched alkanes of at least 4 members (excludes halogenated alkanes) is 1. The molecule has 0 saturated carbocycles. The van der Waals surface area contributed by atoms with Crippen molar-refractivity contribution in [3.05, 3.63) is 18.2 Å². The van der Waals surface area contributed by atoms with Gasteiger partial charge >= 0.3 is 16.3 Å². The van der Waals surface area contributed by atoms with Gasteiger partial charge < -0.3 is 24.4 Å². The fourth-order valence-electron chi connectivity index (χ4n) is 2.58. The van der Waals surface area contributed by atoms with Crippen LogP contribution in [0.15, 0.2) is 18.2 Å². The van der Waals surface area contributed by atoms with Crippen LogP contribution in [-0.4, -0.2) is 66.1 Å². The topological polar surface area (TPSA) is 143 Å². The predicted molar refractivity (Wildman–Crippen MR) is 106 cm³/mol. The van der Waals surface area contributed by atoms with Crippen molar-refractivity contribution in [3.8, 4) is 29.1 Å². The molecule has 1 aromatic rings. The molecule has 1 heterocycles. The Bertz CT molecular complexity index is 876. The lowest BCUT2D eigenvalue weighted by Gasteiger charge is -2.17. The lowest BCUT2D eigenvalue weighted by molar-refractivity contribution is -0.137. The molecule has 0 saturated heterocycles. The van der Waals surface area contributed by atoms with Crippen LogP contribution >= 0.6 is 0 Å². The second-order valence-corrected chi connectivity index (χ2v) is 7.95. The summed E-state index contributed by atoms with van der Waals surface area (Å²) in [4.78, 5) is 10.4. The first-order valence-electron chi connectivity index (χ1n) is 9.36. The van der Waals surface area contributed by atoms with Crippen molar-refractivity contribution in [2.75, 3.05) is 26.5 Å². The Labute approximate surface area is 175 Å². The van der Waals surface area contributed by atoms with Gasteiger partial charge in [-0.05, 0) is 31.4 Å². The number of benzene rings is 1. The van der Waals surface area contributed by atoms with Crippen LogP contribution < -0.4 is 14.2 Å². The molecule has 0 bridgehead atoms. The van der Waals surface area contributed by atoms with Crippen molar-refractivity contribution in [1.82, 2.24) is 4.31 Å². The highest BCUT2D eigenvalue weighted by Gasteiger charge is 2.18. The fraction of sp³-hybridized carbons (Fsp3) is 0.526. The Balaban J connectivity index is 1.70. The van der Waals surface area contributed by atoms with E-state index in [4.69, 9.17) is 19.3 Å². The molecular formula is C19H25NO9S. The van der Waals surface area contributed by atoms with E-state index >= 15 is 0 Å². The van der Waals surface area contributed by atoms with Gasteiger partial charge in [-0.2, -0.15) is 12.7 Å². The van der Waals surface area contributed by atoms with Crippen LogP contribution in [0.2, 0.25) is 0 Å². The van der Waals surface area contributed by atoms with Gasteiger partial charge in [-0.3, -0.25) is 9.35 Å². The first-order valence-corrected chi connectivity index (χ1v) is 10.8. The molecule has 30 heavy (non-hydrogen) atoms. The third-order valence-electron chi connectivity index (χ3n) is 4.13. The number of ether oxygens (including phenoxy) is 3. The summed E-state index contributed by atoms with van der Waals surface area (Å²) in [6.45, 7) is -0.0767. The summed E-state index contributed by atoms with van der Waals surface area (Å²) in [6.07, 6.45) is 0.379. The Kier molecular flexibility index (Phi) is 9.19. The first kappa shape index (κ1) is 23.8. The normalized spacial score (nSPS) is 13.6. The zero-order chi connectivity index (χ0) is 22.0. The van der Waals surface area contributed by atoms with Crippen LogP contribution in [0.25, 0.3) is 0 Å². The highest BCUT2D eigenvalue weighted by Crippen LogP contribution is 2.35. The standard InChI is InChI=1S/C19H25NO9S/c21-15(13-27-16-8-9-17-18(12-16)29-14-28-17)6-5-11-20(30(24,25)26)10-4-2-1-3-7-19(22)23/h8-9,12,15,21H,1,3,5-7,10-11,13-14H2,(H,22,23)(H,24,25,26). The number of aliphatic hydroxyl groups is 1. The maximum Gasteiger partial charge on any atom is 0.336 e. The van der Waals surface area contributed by atoms with E-state index in [-0.39, 0.29) is 45.8 Å². The summed E-state index contributed by atoms with van der Waals surface area (Å²) < 4.78 is 48.9. The molecule has 1 aliphatic rings. The van der Waals surface area contributed by atoms with Crippen LogP contribution in [0, 0.1) is 11.8 Å². The zero-order valence-electron chi connectivity index (χ0n) is 16.3. The van der Waals surface area contributed by atoms with Gasteiger partial charge in [0.1, 0.15) is 12.4 Å². The van der Waals surface area contributed by atoms with Crippen molar-refractivity contribution >= 4 is 16.3 Å². The Morgan fingerprint density at radius 3 is 2.73 bits per heavy atom. The van der Waals surface area contributed by atoms with E-state index in [0.717, 1.165) is 4.31 Å². The fourth-order valence-corrected chi connectivity index (χ4v) is 3.17. The molecule has 0 spiro atoms. The predicted octanol–water partition coefficient (Wildman–Crippen LogP) is 1.30. The molecule has 3 N–H and O–H groups in total. The molecule has 166 valence electrons. The summed E-state index contributed by atoms with van der Waals surface area (Å²) in [5.41, 5.74) is 0. The second-order valence-electron chi connectivity index (χ2n) is 6.53. The van der Waals surface area contributed by atoms with Gasteiger partial charge in [0, 0.05) is 25.5 Å². The lowest BCUT2D eigenvalue weighted by Crippen LogP contribution is -2.32. The number of hydrogen-bond donors (Lipinski definition) is 3. The smallest absolute Gasteiger partial charge is 0.336 e. The van der Waals surface area contributed by atoms with Gasteiger partial charge in [0.2, 0.25) is 6.79 Å². The molecule has 1 aromatic carbocycles. The van der Waals surface area contributed by atoms with Crippen molar-refractivity contribution < 1.29 is 42.2 Å². The Morgan fingerprint density at radius 1 is 1.23 bits per heavy atom. The van der Waals surface area contributed by atoms with Gasteiger partial charge in [0.15, 0.2) is 11.5 Å². The molecule has 11 heteroatoms. The maximum absolute atomic E-state index is 11.4. The van der Waals surface area contributed by atoms with Gasteiger partial charge in [-0.15, -0.1) is 5.92 Å².